The number of pyridine rings is 1. The number of aromatic amines is 1. The third-order valence-electron chi connectivity index (χ3n) is 4.01. The van der Waals surface area contributed by atoms with Gasteiger partial charge in [0.15, 0.2) is 5.65 Å². The first-order valence-electron chi connectivity index (χ1n) is 7.86. The number of hydrogen-bond donors (Lipinski definition) is 1. The number of alkyl halides is 2. The van der Waals surface area contributed by atoms with Gasteiger partial charge >= 0.3 is 0 Å². The number of fused-ring (bicyclic) bond motifs is 1. The predicted molar refractivity (Wildman–Crippen MR) is 90.1 cm³/mol. The highest BCUT2D eigenvalue weighted by atomic mass is 19.3. The lowest BCUT2D eigenvalue weighted by atomic mass is 10.2. The van der Waals surface area contributed by atoms with Gasteiger partial charge in [-0.3, -0.25) is 19.6 Å². The molecule has 0 aliphatic carbocycles. The van der Waals surface area contributed by atoms with Crippen LogP contribution < -0.4 is 5.56 Å². The number of aromatic nitrogens is 6. The van der Waals surface area contributed by atoms with Crippen molar-refractivity contribution in [1.29, 1.82) is 0 Å². The van der Waals surface area contributed by atoms with Gasteiger partial charge in [-0.05, 0) is 25.1 Å². The second-order valence-electron chi connectivity index (χ2n) is 5.86. The van der Waals surface area contributed by atoms with Gasteiger partial charge in [-0.15, -0.1) is 0 Å². The summed E-state index contributed by atoms with van der Waals surface area (Å²) in [5, 5.41) is 6.85. The zero-order chi connectivity index (χ0) is 18.3. The van der Waals surface area contributed by atoms with E-state index in [0.29, 0.717) is 22.7 Å². The van der Waals surface area contributed by atoms with Crippen molar-refractivity contribution in [3.63, 3.8) is 0 Å². The minimum absolute atomic E-state index is 0.137. The Balaban J connectivity index is 1.72. The Hall–Kier alpha value is -3.36. The van der Waals surface area contributed by atoms with Crippen LogP contribution in [0.3, 0.4) is 0 Å². The molecule has 7 nitrogen and oxygen atoms in total. The van der Waals surface area contributed by atoms with Gasteiger partial charge in [-0.1, -0.05) is 0 Å². The predicted octanol–water partition coefficient (Wildman–Crippen LogP) is 2.58. The Morgan fingerprint density at radius 3 is 2.81 bits per heavy atom. The van der Waals surface area contributed by atoms with Crippen molar-refractivity contribution in [2.24, 2.45) is 0 Å². The van der Waals surface area contributed by atoms with Crippen LogP contribution in [0.1, 0.15) is 23.5 Å². The van der Waals surface area contributed by atoms with Gasteiger partial charge in [0.05, 0.1) is 17.9 Å². The third-order valence-corrected chi connectivity index (χ3v) is 4.01. The molecule has 0 aliphatic heterocycles. The Bertz CT molecular complexity index is 1130. The van der Waals surface area contributed by atoms with Crippen molar-refractivity contribution in [3.8, 4) is 11.3 Å². The molecule has 0 saturated carbocycles. The summed E-state index contributed by atoms with van der Waals surface area (Å²) in [6.45, 7) is 1.82. The average Bonchev–Trinajstić information content (AvgIpc) is 3.20. The molecule has 4 aromatic rings. The second kappa shape index (κ2) is 6.17. The molecular formula is C17H14F2N6O. The summed E-state index contributed by atoms with van der Waals surface area (Å²) < 4.78 is 28.3. The molecule has 4 heterocycles. The first kappa shape index (κ1) is 16.1. The zero-order valence-corrected chi connectivity index (χ0v) is 13.7. The Morgan fingerprint density at radius 1 is 1.27 bits per heavy atom. The van der Waals surface area contributed by atoms with Crippen LogP contribution in [-0.4, -0.2) is 29.4 Å². The van der Waals surface area contributed by atoms with Gasteiger partial charge < -0.3 is 0 Å². The third kappa shape index (κ3) is 2.87. The first-order valence-corrected chi connectivity index (χ1v) is 7.86. The fraction of sp³-hybridized carbons (Fsp3) is 0.176. The number of aryl methyl sites for hydroxylation is 1. The van der Waals surface area contributed by atoms with Gasteiger partial charge in [-0.2, -0.15) is 5.10 Å². The van der Waals surface area contributed by atoms with Crippen LogP contribution in [0.2, 0.25) is 0 Å². The number of H-pyrrole nitrogens is 1. The molecule has 26 heavy (non-hydrogen) atoms. The van der Waals surface area contributed by atoms with Crippen LogP contribution in [0.5, 0.6) is 0 Å². The molecule has 1 N–H and O–H groups in total. The Kier molecular flexibility index (Phi) is 3.83. The lowest BCUT2D eigenvalue weighted by molar-refractivity contribution is 0.145. The summed E-state index contributed by atoms with van der Waals surface area (Å²) in [5.74, 6) is 0. The van der Waals surface area contributed by atoms with E-state index in [1.807, 2.05) is 6.07 Å². The van der Waals surface area contributed by atoms with Gasteiger partial charge in [0.1, 0.15) is 5.69 Å². The van der Waals surface area contributed by atoms with Gasteiger partial charge in [0.25, 0.3) is 12.0 Å². The van der Waals surface area contributed by atoms with Crippen LogP contribution in [0.15, 0.2) is 47.5 Å². The quantitative estimate of drug-likeness (QED) is 0.609. The minimum Gasteiger partial charge on any atom is -0.289 e. The van der Waals surface area contributed by atoms with E-state index in [4.69, 9.17) is 0 Å². The Labute approximate surface area is 145 Å². The van der Waals surface area contributed by atoms with Gasteiger partial charge in [0.2, 0.25) is 0 Å². The van der Waals surface area contributed by atoms with Crippen molar-refractivity contribution in [2.45, 2.75) is 19.9 Å². The van der Waals surface area contributed by atoms with Crippen molar-refractivity contribution < 1.29 is 8.78 Å². The first-order chi connectivity index (χ1) is 12.5. The topological polar surface area (TPSA) is 80.9 Å². The molecule has 0 aliphatic rings. The van der Waals surface area contributed by atoms with Crippen LogP contribution in [0.25, 0.3) is 16.9 Å². The molecule has 0 saturated heterocycles. The molecular weight excluding hydrogens is 342 g/mol. The summed E-state index contributed by atoms with van der Waals surface area (Å²) in [4.78, 5) is 20.8. The summed E-state index contributed by atoms with van der Waals surface area (Å²) in [6, 6.07) is 8.08. The van der Waals surface area contributed by atoms with E-state index in [9.17, 15) is 13.6 Å². The molecule has 0 unspecified atom stereocenters. The van der Waals surface area contributed by atoms with Crippen LogP contribution in [0, 0.1) is 6.92 Å². The van der Waals surface area contributed by atoms with Crippen molar-refractivity contribution >= 4 is 5.65 Å². The molecule has 0 amide bonds. The molecule has 0 radical (unpaired) electrons. The number of nitrogens with one attached hydrogen (secondary N) is 1. The van der Waals surface area contributed by atoms with Crippen LogP contribution >= 0.6 is 0 Å². The maximum atomic E-state index is 12.8. The standard InChI is InChI=1S/C17H14F2N6O/c1-10-5-14(17(18)19)22-24(10)9-12-6-16(26)25-15(21-12)7-13(23-25)11-3-2-4-20-8-11/h2-8,17,23H,9H2,1H3. The molecule has 0 bridgehead atoms. The smallest absolute Gasteiger partial charge is 0.282 e. The molecule has 4 rings (SSSR count). The van der Waals surface area contributed by atoms with E-state index in [0.717, 1.165) is 5.56 Å². The molecule has 9 heteroatoms. The molecule has 4 aromatic heterocycles. The average molecular weight is 356 g/mol. The molecule has 0 spiro atoms. The van der Waals surface area contributed by atoms with E-state index in [-0.39, 0.29) is 17.8 Å². The summed E-state index contributed by atoms with van der Waals surface area (Å²) in [5.41, 5.74) is 2.40. The largest absolute Gasteiger partial charge is 0.289 e. The number of halogens is 2. The number of hydrogen-bond acceptors (Lipinski definition) is 4. The van der Waals surface area contributed by atoms with Crippen LogP contribution in [0.4, 0.5) is 8.78 Å². The highest BCUT2D eigenvalue weighted by Gasteiger charge is 2.15. The molecule has 0 fully saturated rings. The fourth-order valence-corrected chi connectivity index (χ4v) is 2.75. The van der Waals surface area contributed by atoms with Crippen molar-refractivity contribution in [3.05, 3.63) is 70.2 Å². The molecule has 132 valence electrons. The lowest BCUT2D eigenvalue weighted by Crippen LogP contribution is -2.17. The summed E-state index contributed by atoms with van der Waals surface area (Å²) in [7, 11) is 0. The zero-order valence-electron chi connectivity index (χ0n) is 13.7. The number of nitrogens with zero attached hydrogens (tertiary/aromatic N) is 5. The van der Waals surface area contributed by atoms with Crippen LogP contribution in [-0.2, 0) is 6.54 Å². The highest BCUT2D eigenvalue weighted by Crippen LogP contribution is 2.19. The molecule has 0 aromatic carbocycles. The summed E-state index contributed by atoms with van der Waals surface area (Å²) in [6.07, 6.45) is 0.701. The lowest BCUT2D eigenvalue weighted by Gasteiger charge is -2.04. The SMILES string of the molecule is Cc1cc(C(F)F)nn1Cc1cc(=O)n2[nH]c(-c3cccnc3)cc2n1. The molecule has 0 atom stereocenters. The van der Waals surface area contributed by atoms with Crippen molar-refractivity contribution in [1.82, 2.24) is 29.4 Å². The Morgan fingerprint density at radius 2 is 2.12 bits per heavy atom. The monoisotopic (exact) mass is 356 g/mol. The van der Waals surface area contributed by atoms with E-state index in [1.165, 1.54) is 21.3 Å². The maximum absolute atomic E-state index is 12.8. The fourth-order valence-electron chi connectivity index (χ4n) is 2.75. The van der Waals surface area contributed by atoms with Gasteiger partial charge in [0, 0.05) is 35.8 Å². The van der Waals surface area contributed by atoms with E-state index in [1.54, 1.807) is 31.5 Å². The second-order valence-corrected chi connectivity index (χ2v) is 5.86. The van der Waals surface area contributed by atoms with E-state index < -0.39 is 6.43 Å². The van der Waals surface area contributed by atoms with E-state index >= 15 is 0 Å². The highest BCUT2D eigenvalue weighted by molar-refractivity contribution is 5.62. The van der Waals surface area contributed by atoms with Gasteiger partial charge in [-0.25, -0.2) is 18.3 Å². The normalized spacial score (nSPS) is 11.5. The van der Waals surface area contributed by atoms with Crippen molar-refractivity contribution in [2.75, 3.05) is 0 Å². The number of rotatable bonds is 4. The van der Waals surface area contributed by atoms with E-state index in [2.05, 4.69) is 20.2 Å². The minimum atomic E-state index is -2.64. The summed E-state index contributed by atoms with van der Waals surface area (Å²) >= 11 is 0. The maximum Gasteiger partial charge on any atom is 0.282 e.